The summed E-state index contributed by atoms with van der Waals surface area (Å²) in [6.07, 6.45) is 0. The normalized spacial score (nSPS) is 21.6. The highest BCUT2D eigenvalue weighted by molar-refractivity contribution is 5.99. The summed E-state index contributed by atoms with van der Waals surface area (Å²) in [5.74, 6) is -0.0530. The topological polar surface area (TPSA) is 69.6 Å². The lowest BCUT2D eigenvalue weighted by atomic mass is 9.91. The third kappa shape index (κ3) is 2.86. The van der Waals surface area contributed by atoms with Crippen molar-refractivity contribution in [1.82, 2.24) is 10.2 Å². The van der Waals surface area contributed by atoms with Gasteiger partial charge in [0.1, 0.15) is 17.3 Å². The molecule has 0 aromatic heterocycles. The van der Waals surface area contributed by atoms with Crippen LogP contribution in [0.5, 0.6) is 5.75 Å². The van der Waals surface area contributed by atoms with Gasteiger partial charge in [0.2, 0.25) is 11.8 Å². The summed E-state index contributed by atoms with van der Waals surface area (Å²) in [6, 6.07) is 6.26. The van der Waals surface area contributed by atoms with E-state index in [-0.39, 0.29) is 23.5 Å². The zero-order valence-corrected chi connectivity index (χ0v) is 12.9. The van der Waals surface area contributed by atoms with Crippen LogP contribution in [-0.2, 0) is 16.1 Å². The van der Waals surface area contributed by atoms with E-state index in [4.69, 9.17) is 0 Å². The van der Waals surface area contributed by atoms with Crippen molar-refractivity contribution in [3.05, 3.63) is 29.8 Å². The van der Waals surface area contributed by atoms with Crippen molar-refractivity contribution in [3.8, 4) is 5.75 Å². The predicted molar refractivity (Wildman–Crippen MR) is 79.5 cm³/mol. The number of nitrogens with one attached hydrogen (secondary N) is 1. The van der Waals surface area contributed by atoms with Crippen molar-refractivity contribution >= 4 is 11.8 Å². The molecule has 1 aromatic carbocycles. The van der Waals surface area contributed by atoms with Crippen molar-refractivity contribution in [1.29, 1.82) is 0 Å². The Balaban J connectivity index is 2.32. The van der Waals surface area contributed by atoms with E-state index in [1.54, 1.807) is 36.9 Å². The van der Waals surface area contributed by atoms with Crippen molar-refractivity contribution < 1.29 is 14.7 Å². The number of amides is 2. The van der Waals surface area contributed by atoms with Gasteiger partial charge in [0, 0.05) is 6.54 Å². The number of carbonyl (C=O) groups is 2. The Morgan fingerprint density at radius 1 is 1.33 bits per heavy atom. The van der Waals surface area contributed by atoms with Crippen LogP contribution in [0.3, 0.4) is 0 Å². The van der Waals surface area contributed by atoms with Gasteiger partial charge in [0.25, 0.3) is 0 Å². The van der Waals surface area contributed by atoms with Gasteiger partial charge in [-0.15, -0.1) is 0 Å². The lowest BCUT2D eigenvalue weighted by molar-refractivity contribution is -0.157. The first-order valence-corrected chi connectivity index (χ1v) is 7.14. The molecule has 1 aliphatic rings. The fourth-order valence-electron chi connectivity index (χ4n) is 2.51. The number of hydrogen-bond acceptors (Lipinski definition) is 3. The Morgan fingerprint density at radius 3 is 2.57 bits per heavy atom. The van der Waals surface area contributed by atoms with E-state index in [9.17, 15) is 14.7 Å². The standard InChI is InChI=1S/C16H22N2O3/c1-10(2)13-14(20)18(16(3,4)15(21)17-13)9-11-6-5-7-12(19)8-11/h5-8,10,13,19H,9H2,1-4H3,(H,17,21). The third-order valence-corrected chi connectivity index (χ3v) is 3.97. The number of piperazine rings is 1. The molecule has 5 nitrogen and oxygen atoms in total. The van der Waals surface area contributed by atoms with Crippen molar-refractivity contribution in [3.63, 3.8) is 0 Å². The predicted octanol–water partition coefficient (Wildman–Crippen LogP) is 1.65. The molecule has 0 saturated carbocycles. The number of carbonyl (C=O) groups excluding carboxylic acids is 2. The highest BCUT2D eigenvalue weighted by Crippen LogP contribution is 2.26. The van der Waals surface area contributed by atoms with Crippen LogP contribution in [-0.4, -0.2) is 33.4 Å². The molecule has 2 amide bonds. The fourth-order valence-corrected chi connectivity index (χ4v) is 2.51. The number of aromatic hydroxyl groups is 1. The summed E-state index contributed by atoms with van der Waals surface area (Å²) in [6.45, 7) is 7.59. The molecular weight excluding hydrogens is 268 g/mol. The van der Waals surface area contributed by atoms with Gasteiger partial charge in [-0.2, -0.15) is 0 Å². The lowest BCUT2D eigenvalue weighted by Crippen LogP contribution is -2.69. The molecule has 0 aliphatic carbocycles. The molecule has 114 valence electrons. The first kappa shape index (κ1) is 15.4. The summed E-state index contributed by atoms with van der Waals surface area (Å²) < 4.78 is 0. The molecule has 1 aromatic rings. The minimum absolute atomic E-state index is 0.0317. The molecule has 1 saturated heterocycles. The molecule has 2 rings (SSSR count). The number of hydrogen-bond donors (Lipinski definition) is 2. The van der Waals surface area contributed by atoms with Gasteiger partial charge in [0.15, 0.2) is 0 Å². The second-order valence-electron chi connectivity index (χ2n) is 6.35. The first-order chi connectivity index (χ1) is 9.73. The van der Waals surface area contributed by atoms with Crippen LogP contribution >= 0.6 is 0 Å². The van der Waals surface area contributed by atoms with Crippen LogP contribution in [0.1, 0.15) is 33.3 Å². The van der Waals surface area contributed by atoms with E-state index in [2.05, 4.69) is 5.32 Å². The highest BCUT2D eigenvalue weighted by Gasteiger charge is 2.46. The molecule has 1 fully saturated rings. The van der Waals surface area contributed by atoms with E-state index < -0.39 is 11.6 Å². The summed E-state index contributed by atoms with van der Waals surface area (Å²) >= 11 is 0. The molecule has 0 spiro atoms. The number of rotatable bonds is 3. The third-order valence-electron chi connectivity index (χ3n) is 3.97. The maximum atomic E-state index is 12.7. The van der Waals surface area contributed by atoms with Crippen LogP contribution in [0.15, 0.2) is 24.3 Å². The molecule has 1 atom stereocenters. The van der Waals surface area contributed by atoms with Gasteiger partial charge in [-0.3, -0.25) is 9.59 Å². The molecule has 2 N–H and O–H groups in total. The van der Waals surface area contributed by atoms with E-state index in [1.807, 2.05) is 19.9 Å². The summed E-state index contributed by atoms with van der Waals surface area (Å²) in [4.78, 5) is 26.5. The van der Waals surface area contributed by atoms with Gasteiger partial charge in [-0.05, 0) is 37.5 Å². The number of phenols is 1. The van der Waals surface area contributed by atoms with Crippen LogP contribution in [0.25, 0.3) is 0 Å². The maximum absolute atomic E-state index is 12.7. The van der Waals surface area contributed by atoms with Gasteiger partial charge in [0.05, 0.1) is 0 Å². The van der Waals surface area contributed by atoms with Gasteiger partial charge < -0.3 is 15.3 Å². The number of nitrogens with zero attached hydrogens (tertiary/aromatic N) is 1. The number of phenolic OH excluding ortho intramolecular Hbond substituents is 1. The molecule has 5 heteroatoms. The van der Waals surface area contributed by atoms with Gasteiger partial charge in [-0.1, -0.05) is 26.0 Å². The Bertz CT molecular complexity index is 566. The minimum Gasteiger partial charge on any atom is -0.508 e. The number of benzene rings is 1. The van der Waals surface area contributed by atoms with Crippen molar-refractivity contribution in [2.75, 3.05) is 0 Å². The summed E-state index contributed by atoms with van der Waals surface area (Å²) in [7, 11) is 0. The molecule has 0 bridgehead atoms. The Labute approximate surface area is 125 Å². The van der Waals surface area contributed by atoms with E-state index in [1.165, 1.54) is 0 Å². The van der Waals surface area contributed by atoms with Gasteiger partial charge >= 0.3 is 0 Å². The fraction of sp³-hybridized carbons (Fsp3) is 0.500. The second-order valence-corrected chi connectivity index (χ2v) is 6.35. The highest BCUT2D eigenvalue weighted by atomic mass is 16.3. The SMILES string of the molecule is CC(C)C1NC(=O)C(C)(C)N(Cc2cccc(O)c2)C1=O. The molecule has 1 aliphatic heterocycles. The monoisotopic (exact) mass is 290 g/mol. The zero-order valence-electron chi connectivity index (χ0n) is 12.9. The zero-order chi connectivity index (χ0) is 15.8. The average Bonchev–Trinajstić information content (AvgIpc) is 2.39. The van der Waals surface area contributed by atoms with Crippen molar-refractivity contribution in [2.45, 2.75) is 45.8 Å². The Kier molecular flexibility index (Phi) is 3.94. The minimum atomic E-state index is -0.909. The van der Waals surface area contributed by atoms with E-state index >= 15 is 0 Å². The van der Waals surface area contributed by atoms with Crippen LogP contribution in [0.4, 0.5) is 0 Å². The van der Waals surface area contributed by atoms with Gasteiger partial charge in [-0.25, -0.2) is 0 Å². The van der Waals surface area contributed by atoms with E-state index in [0.29, 0.717) is 6.54 Å². The molecule has 1 heterocycles. The lowest BCUT2D eigenvalue weighted by Gasteiger charge is -2.45. The smallest absolute Gasteiger partial charge is 0.246 e. The van der Waals surface area contributed by atoms with Crippen LogP contribution in [0, 0.1) is 5.92 Å². The average molecular weight is 290 g/mol. The molecule has 0 radical (unpaired) electrons. The maximum Gasteiger partial charge on any atom is 0.246 e. The Hall–Kier alpha value is -2.04. The van der Waals surface area contributed by atoms with Crippen LogP contribution in [0.2, 0.25) is 0 Å². The quantitative estimate of drug-likeness (QED) is 0.889. The van der Waals surface area contributed by atoms with E-state index in [0.717, 1.165) is 5.56 Å². The Morgan fingerprint density at radius 2 is 2.00 bits per heavy atom. The summed E-state index contributed by atoms with van der Waals surface area (Å²) in [5, 5.41) is 12.4. The largest absolute Gasteiger partial charge is 0.508 e. The first-order valence-electron chi connectivity index (χ1n) is 7.14. The second kappa shape index (κ2) is 5.39. The molecule has 21 heavy (non-hydrogen) atoms. The van der Waals surface area contributed by atoms with Crippen molar-refractivity contribution in [2.24, 2.45) is 5.92 Å². The molecular formula is C16H22N2O3. The molecule has 1 unspecified atom stereocenters. The van der Waals surface area contributed by atoms with Crippen LogP contribution < -0.4 is 5.32 Å². The summed E-state index contributed by atoms with van der Waals surface area (Å²) in [5.41, 5.74) is -0.109.